The second kappa shape index (κ2) is 9.42. The van der Waals surface area contributed by atoms with Crippen molar-refractivity contribution in [3.63, 3.8) is 0 Å². The van der Waals surface area contributed by atoms with Crippen LogP contribution in [0.5, 0.6) is 0 Å². The summed E-state index contributed by atoms with van der Waals surface area (Å²) in [5.41, 5.74) is 3.57. The number of rotatable bonds is 4. The quantitative estimate of drug-likeness (QED) is 0.697. The van der Waals surface area contributed by atoms with Crippen LogP contribution in [0.1, 0.15) is 43.0 Å². The lowest BCUT2D eigenvalue weighted by Crippen LogP contribution is -2.59. The summed E-state index contributed by atoms with van der Waals surface area (Å²) in [5.74, 6) is -1.26. The van der Waals surface area contributed by atoms with Crippen molar-refractivity contribution in [2.24, 2.45) is 11.8 Å². The minimum Gasteiger partial charge on any atom is -0.450 e. The Hall–Kier alpha value is -3.36. The van der Waals surface area contributed by atoms with Crippen molar-refractivity contribution >= 4 is 29.5 Å². The summed E-state index contributed by atoms with van der Waals surface area (Å²) in [7, 11) is 0. The molecule has 4 rings (SSSR count). The molecule has 0 saturated carbocycles. The molecule has 0 radical (unpaired) electrons. The molecule has 3 unspecified atom stereocenters. The maximum absolute atomic E-state index is 13.1. The van der Waals surface area contributed by atoms with Crippen LogP contribution >= 0.6 is 0 Å². The van der Waals surface area contributed by atoms with E-state index in [-0.39, 0.29) is 42.2 Å². The normalized spacial score (nSPS) is 25.1. The monoisotopic (exact) mass is 440 g/mol. The summed E-state index contributed by atoms with van der Waals surface area (Å²) in [4.78, 5) is 52.1. The van der Waals surface area contributed by atoms with Crippen molar-refractivity contribution in [3.8, 4) is 0 Å². The number of hydrazine groups is 1. The largest absolute Gasteiger partial charge is 0.450 e. The highest BCUT2D eigenvalue weighted by Crippen LogP contribution is 2.32. The molecular weight excluding hydrogens is 412 g/mol. The molecule has 2 aliphatic heterocycles. The number of amides is 4. The van der Waals surface area contributed by atoms with Gasteiger partial charge in [0.1, 0.15) is 0 Å². The maximum Gasteiger partial charge on any atom is 0.407 e. The summed E-state index contributed by atoms with van der Waals surface area (Å²) in [6, 6.07) is 6.55. The zero-order chi connectivity index (χ0) is 22.7. The van der Waals surface area contributed by atoms with E-state index in [1.165, 1.54) is 5.01 Å². The number of hydrogen-bond acceptors (Lipinski definition) is 5. The van der Waals surface area contributed by atoms with Gasteiger partial charge in [0.25, 0.3) is 5.91 Å². The van der Waals surface area contributed by atoms with Gasteiger partial charge in [0, 0.05) is 24.7 Å². The third-order valence-corrected chi connectivity index (χ3v) is 6.19. The lowest BCUT2D eigenvalue weighted by atomic mass is 9.80. The van der Waals surface area contributed by atoms with Crippen molar-refractivity contribution in [2.75, 3.05) is 24.7 Å². The van der Waals surface area contributed by atoms with Crippen LogP contribution in [0.2, 0.25) is 0 Å². The highest BCUT2D eigenvalue weighted by atomic mass is 16.5. The van der Waals surface area contributed by atoms with Crippen molar-refractivity contribution in [1.82, 2.24) is 15.6 Å². The first-order valence-electron chi connectivity index (χ1n) is 11.1. The fraction of sp³-hybridized carbons (Fsp3) is 0.478. The number of likely N-dealkylation sites (tertiary alicyclic amines) is 1. The Labute approximate surface area is 186 Å². The molecule has 9 heteroatoms. The molecule has 1 aliphatic carbocycles. The minimum atomic E-state index is -0.482. The van der Waals surface area contributed by atoms with E-state index >= 15 is 0 Å². The summed E-state index contributed by atoms with van der Waals surface area (Å²) in [6.45, 7) is 3.00. The first kappa shape index (κ1) is 21.9. The molecule has 9 nitrogen and oxygen atoms in total. The standard InChI is InChI=1S/C23H28N4O5/c1-2-32-23(31)24-16-8-6-12-26(14-16)21(29)15-7-5-9-17(13-15)27-22(30)19-11-4-3-10-18(19)20(28)25-27/h3-5,7,9,13,16,18-19H,2,6,8,10-12,14H2,1H3,(H,24,31)(H,25,28). The van der Waals surface area contributed by atoms with E-state index in [0.29, 0.717) is 37.2 Å². The van der Waals surface area contributed by atoms with Gasteiger partial charge in [0.2, 0.25) is 11.8 Å². The van der Waals surface area contributed by atoms with Gasteiger partial charge < -0.3 is 15.0 Å². The first-order valence-corrected chi connectivity index (χ1v) is 11.1. The van der Waals surface area contributed by atoms with Gasteiger partial charge in [-0.1, -0.05) is 18.2 Å². The summed E-state index contributed by atoms with van der Waals surface area (Å²) >= 11 is 0. The highest BCUT2D eigenvalue weighted by molar-refractivity contribution is 6.05. The summed E-state index contributed by atoms with van der Waals surface area (Å²) < 4.78 is 4.93. The number of carbonyl (C=O) groups excluding carboxylic acids is 4. The summed E-state index contributed by atoms with van der Waals surface area (Å²) in [6.07, 6.45) is 6.02. The number of nitrogens with one attached hydrogen (secondary N) is 2. The average molecular weight is 441 g/mol. The summed E-state index contributed by atoms with van der Waals surface area (Å²) in [5, 5.41) is 4.06. The average Bonchev–Trinajstić information content (AvgIpc) is 2.81. The molecule has 2 saturated heterocycles. The third kappa shape index (κ3) is 4.46. The van der Waals surface area contributed by atoms with E-state index in [2.05, 4.69) is 10.7 Å². The molecule has 1 aromatic rings. The van der Waals surface area contributed by atoms with Crippen molar-refractivity contribution in [1.29, 1.82) is 0 Å². The number of ether oxygens (including phenoxy) is 1. The lowest BCUT2D eigenvalue weighted by molar-refractivity contribution is -0.139. The molecule has 1 aromatic carbocycles. The number of hydrogen-bond donors (Lipinski definition) is 2. The Balaban J connectivity index is 1.47. The number of fused-ring (bicyclic) bond motifs is 1. The second-order valence-electron chi connectivity index (χ2n) is 8.31. The Morgan fingerprint density at radius 2 is 1.97 bits per heavy atom. The van der Waals surface area contributed by atoms with E-state index in [0.717, 1.165) is 12.8 Å². The molecule has 170 valence electrons. The Morgan fingerprint density at radius 1 is 1.19 bits per heavy atom. The van der Waals surface area contributed by atoms with Gasteiger partial charge in [-0.05, 0) is 50.8 Å². The second-order valence-corrected chi connectivity index (χ2v) is 8.31. The number of allylic oxidation sites excluding steroid dienone is 2. The van der Waals surface area contributed by atoms with Gasteiger partial charge in [-0.2, -0.15) is 0 Å². The molecule has 2 heterocycles. The topological polar surface area (TPSA) is 108 Å². The fourth-order valence-electron chi connectivity index (χ4n) is 4.56. The Bertz CT molecular complexity index is 946. The number of anilines is 1. The predicted molar refractivity (Wildman–Crippen MR) is 117 cm³/mol. The molecule has 32 heavy (non-hydrogen) atoms. The molecule has 0 bridgehead atoms. The van der Waals surface area contributed by atoms with Crippen LogP contribution in [0.15, 0.2) is 36.4 Å². The minimum absolute atomic E-state index is 0.166. The van der Waals surface area contributed by atoms with Crippen LogP contribution in [0.3, 0.4) is 0 Å². The van der Waals surface area contributed by atoms with Crippen molar-refractivity contribution in [2.45, 2.75) is 38.6 Å². The van der Waals surface area contributed by atoms with Crippen LogP contribution in [-0.4, -0.2) is 54.5 Å². The van der Waals surface area contributed by atoms with Gasteiger partial charge in [0.05, 0.1) is 24.1 Å². The van der Waals surface area contributed by atoms with E-state index in [1.54, 1.807) is 36.1 Å². The molecule has 0 aromatic heterocycles. The van der Waals surface area contributed by atoms with Gasteiger partial charge >= 0.3 is 6.09 Å². The van der Waals surface area contributed by atoms with Crippen LogP contribution in [0.4, 0.5) is 10.5 Å². The molecule has 0 spiro atoms. The molecular formula is C23H28N4O5. The predicted octanol–water partition coefficient (Wildman–Crippen LogP) is 2.00. The van der Waals surface area contributed by atoms with E-state index < -0.39 is 6.09 Å². The van der Waals surface area contributed by atoms with Gasteiger partial charge in [-0.3, -0.25) is 19.8 Å². The van der Waals surface area contributed by atoms with Crippen LogP contribution in [-0.2, 0) is 14.3 Å². The smallest absolute Gasteiger partial charge is 0.407 e. The van der Waals surface area contributed by atoms with E-state index in [9.17, 15) is 19.2 Å². The molecule has 2 fully saturated rings. The third-order valence-electron chi connectivity index (χ3n) is 6.19. The number of piperidine rings is 1. The van der Waals surface area contributed by atoms with Crippen molar-refractivity contribution in [3.05, 3.63) is 42.0 Å². The Morgan fingerprint density at radius 3 is 2.75 bits per heavy atom. The Kier molecular flexibility index (Phi) is 6.43. The fourth-order valence-corrected chi connectivity index (χ4v) is 4.56. The van der Waals surface area contributed by atoms with Crippen LogP contribution in [0.25, 0.3) is 0 Å². The van der Waals surface area contributed by atoms with Gasteiger partial charge in [-0.15, -0.1) is 0 Å². The first-order chi connectivity index (χ1) is 15.5. The lowest BCUT2D eigenvalue weighted by Gasteiger charge is -2.38. The highest BCUT2D eigenvalue weighted by Gasteiger charge is 2.42. The molecule has 4 amide bonds. The van der Waals surface area contributed by atoms with Crippen LogP contribution < -0.4 is 15.8 Å². The zero-order valence-electron chi connectivity index (χ0n) is 18.1. The van der Waals surface area contributed by atoms with E-state index in [1.807, 2.05) is 12.2 Å². The van der Waals surface area contributed by atoms with Gasteiger partial charge in [0.15, 0.2) is 0 Å². The van der Waals surface area contributed by atoms with Crippen LogP contribution in [0, 0.1) is 11.8 Å². The maximum atomic E-state index is 13.1. The van der Waals surface area contributed by atoms with Crippen molar-refractivity contribution < 1.29 is 23.9 Å². The molecule has 2 N–H and O–H groups in total. The molecule has 3 aliphatic rings. The number of carbonyl (C=O) groups is 4. The van der Waals surface area contributed by atoms with Gasteiger partial charge in [-0.25, -0.2) is 9.80 Å². The number of nitrogens with zero attached hydrogens (tertiary/aromatic N) is 2. The zero-order valence-corrected chi connectivity index (χ0v) is 18.1. The molecule has 3 atom stereocenters. The SMILES string of the molecule is CCOC(=O)NC1CCCN(C(=O)c2cccc(N3NC(=O)C4CC=CCC4C3=O)c2)C1. The number of benzene rings is 1. The van der Waals surface area contributed by atoms with E-state index in [4.69, 9.17) is 4.74 Å². The number of alkyl carbamates (subject to hydrolysis) is 1.